The number of aromatic nitrogens is 3. The summed E-state index contributed by atoms with van der Waals surface area (Å²) >= 11 is 7.44. The van der Waals surface area contributed by atoms with Gasteiger partial charge in [-0.25, -0.2) is 9.97 Å². The van der Waals surface area contributed by atoms with Gasteiger partial charge >= 0.3 is 0 Å². The van der Waals surface area contributed by atoms with Gasteiger partial charge in [-0.05, 0) is 24.3 Å². The molecule has 0 saturated carbocycles. The van der Waals surface area contributed by atoms with E-state index in [0.717, 1.165) is 32.3 Å². The molecule has 0 bridgehead atoms. The number of imidazole rings is 1. The van der Waals surface area contributed by atoms with E-state index in [9.17, 15) is 0 Å². The minimum atomic E-state index is 0.501. The number of benzene rings is 1. The number of halogens is 1. The van der Waals surface area contributed by atoms with Crippen LogP contribution in [0.15, 0.2) is 42.6 Å². The molecule has 0 aliphatic rings. The Hall–Kier alpha value is -2.11. The quantitative estimate of drug-likeness (QED) is 0.339. The van der Waals surface area contributed by atoms with E-state index in [2.05, 4.69) is 9.97 Å². The lowest BCUT2D eigenvalue weighted by Gasteiger charge is -1.96. The molecule has 4 nitrogen and oxygen atoms in total. The summed E-state index contributed by atoms with van der Waals surface area (Å²) in [6.45, 7) is 8.00. The summed E-state index contributed by atoms with van der Waals surface area (Å²) in [4.78, 5) is 10.7. The molecule has 0 saturated heterocycles. The van der Waals surface area contributed by atoms with Crippen molar-refractivity contribution in [1.29, 1.82) is 0 Å². The number of hydrogen-bond acceptors (Lipinski definition) is 4. The molecule has 2 N–H and O–H groups in total. The predicted octanol–water partition coefficient (Wildman–Crippen LogP) is 5.90. The van der Waals surface area contributed by atoms with E-state index in [1.807, 2.05) is 68.6 Å². The van der Waals surface area contributed by atoms with E-state index in [0.29, 0.717) is 5.15 Å². The van der Waals surface area contributed by atoms with Crippen molar-refractivity contribution in [2.24, 2.45) is 0 Å². The Kier molecular flexibility index (Phi) is 6.17. The van der Waals surface area contributed by atoms with Crippen LogP contribution in [-0.2, 0) is 0 Å². The van der Waals surface area contributed by atoms with Crippen molar-refractivity contribution < 1.29 is 0 Å². The van der Waals surface area contributed by atoms with E-state index >= 15 is 0 Å². The zero-order chi connectivity index (χ0) is 17.7. The average molecular weight is 361 g/mol. The zero-order valence-electron chi connectivity index (χ0n) is 14.2. The van der Waals surface area contributed by atoms with Gasteiger partial charge in [-0.3, -0.25) is 4.40 Å². The second kappa shape index (κ2) is 8.13. The lowest BCUT2D eigenvalue weighted by molar-refractivity contribution is 1.28. The van der Waals surface area contributed by atoms with Crippen molar-refractivity contribution >= 4 is 43.9 Å². The molecule has 4 aromatic rings. The van der Waals surface area contributed by atoms with Gasteiger partial charge in [-0.1, -0.05) is 62.8 Å². The number of thiazole rings is 1. The molecular weight excluding hydrogens is 340 g/mol. The van der Waals surface area contributed by atoms with E-state index in [1.54, 1.807) is 6.07 Å². The van der Waals surface area contributed by atoms with Gasteiger partial charge in [0.2, 0.25) is 0 Å². The van der Waals surface area contributed by atoms with Gasteiger partial charge in [0.25, 0.3) is 0 Å². The van der Waals surface area contributed by atoms with Crippen LogP contribution in [0, 0.1) is 0 Å². The third kappa shape index (κ3) is 3.52. The van der Waals surface area contributed by atoms with Gasteiger partial charge in [0, 0.05) is 17.4 Å². The number of pyridine rings is 1. The number of anilines is 1. The number of fused-ring (bicyclic) bond motifs is 3. The number of nitrogens with zero attached hydrogens (tertiary/aromatic N) is 3. The topological polar surface area (TPSA) is 56.2 Å². The maximum atomic E-state index is 5.91. The SMILES string of the molecule is CC.CC.Nc1ccc(-c2cn3c(n2)sc2nc(Cl)ccc23)cc1. The Morgan fingerprint density at radius 3 is 2.29 bits per heavy atom. The Labute approximate surface area is 150 Å². The van der Waals surface area contributed by atoms with E-state index < -0.39 is 0 Å². The first-order valence-corrected chi connectivity index (χ1v) is 9.20. The molecule has 0 aliphatic carbocycles. The highest BCUT2D eigenvalue weighted by atomic mass is 35.5. The summed E-state index contributed by atoms with van der Waals surface area (Å²) in [6, 6.07) is 11.4. The molecule has 3 heterocycles. The van der Waals surface area contributed by atoms with E-state index in [-0.39, 0.29) is 0 Å². The minimum absolute atomic E-state index is 0.501. The Bertz CT molecular complexity index is 925. The summed E-state index contributed by atoms with van der Waals surface area (Å²) < 4.78 is 2.04. The number of nitrogen functional groups attached to an aromatic ring is 1. The Morgan fingerprint density at radius 1 is 0.958 bits per heavy atom. The fourth-order valence-corrected chi connectivity index (χ4v) is 3.34. The average Bonchev–Trinajstić information content (AvgIpc) is 3.16. The van der Waals surface area contributed by atoms with Gasteiger partial charge < -0.3 is 5.73 Å². The van der Waals surface area contributed by atoms with Gasteiger partial charge in [0.1, 0.15) is 9.98 Å². The molecule has 0 atom stereocenters. The molecule has 24 heavy (non-hydrogen) atoms. The van der Waals surface area contributed by atoms with Crippen LogP contribution in [0.2, 0.25) is 5.15 Å². The van der Waals surface area contributed by atoms with Crippen LogP contribution in [-0.4, -0.2) is 14.4 Å². The molecule has 126 valence electrons. The van der Waals surface area contributed by atoms with Crippen LogP contribution >= 0.6 is 22.9 Å². The first-order chi connectivity index (χ1) is 11.7. The van der Waals surface area contributed by atoms with Crippen molar-refractivity contribution in [3.63, 3.8) is 0 Å². The van der Waals surface area contributed by atoms with Crippen LogP contribution in [0.1, 0.15) is 27.7 Å². The fraction of sp³-hybridized carbons (Fsp3) is 0.222. The summed E-state index contributed by atoms with van der Waals surface area (Å²) in [5, 5.41) is 0.501. The van der Waals surface area contributed by atoms with Gasteiger partial charge in [0.05, 0.1) is 11.2 Å². The molecule has 0 spiro atoms. The molecule has 3 aromatic heterocycles. The maximum Gasteiger partial charge on any atom is 0.196 e. The standard InChI is InChI=1S/C14H9ClN4S.2C2H6/c15-12-6-5-11-13(18-12)20-14-17-10(7-19(11)14)8-1-3-9(16)4-2-8;2*1-2/h1-7H,16H2;2*1-2H3. The lowest BCUT2D eigenvalue weighted by atomic mass is 10.1. The number of rotatable bonds is 1. The van der Waals surface area contributed by atoms with Crippen LogP contribution in [0.5, 0.6) is 0 Å². The Morgan fingerprint density at radius 2 is 1.62 bits per heavy atom. The second-order valence-electron chi connectivity index (χ2n) is 4.46. The molecule has 1 aromatic carbocycles. The van der Waals surface area contributed by atoms with E-state index in [1.165, 1.54) is 11.3 Å². The summed E-state index contributed by atoms with van der Waals surface area (Å²) in [5.41, 5.74) is 9.44. The van der Waals surface area contributed by atoms with Crippen molar-refractivity contribution in [3.05, 3.63) is 47.7 Å². The zero-order valence-corrected chi connectivity index (χ0v) is 15.8. The summed E-state index contributed by atoms with van der Waals surface area (Å²) in [6.07, 6.45) is 2.01. The monoisotopic (exact) mass is 360 g/mol. The maximum absolute atomic E-state index is 5.91. The highest BCUT2D eigenvalue weighted by molar-refractivity contribution is 7.23. The smallest absolute Gasteiger partial charge is 0.196 e. The first kappa shape index (κ1) is 18.2. The van der Waals surface area contributed by atoms with Crippen molar-refractivity contribution in [2.75, 3.05) is 5.73 Å². The molecular formula is C18H21ClN4S. The highest BCUT2D eigenvalue weighted by Crippen LogP contribution is 2.29. The van der Waals surface area contributed by atoms with E-state index in [4.69, 9.17) is 17.3 Å². The Balaban J connectivity index is 0.000000487. The summed E-state index contributed by atoms with van der Waals surface area (Å²) in [7, 11) is 0. The molecule has 6 heteroatoms. The first-order valence-electron chi connectivity index (χ1n) is 8.01. The van der Waals surface area contributed by atoms with Gasteiger partial charge in [-0.2, -0.15) is 0 Å². The van der Waals surface area contributed by atoms with Crippen molar-refractivity contribution in [3.8, 4) is 11.3 Å². The minimum Gasteiger partial charge on any atom is -0.399 e. The largest absolute Gasteiger partial charge is 0.399 e. The molecule has 0 unspecified atom stereocenters. The second-order valence-corrected chi connectivity index (χ2v) is 5.80. The molecule has 0 fully saturated rings. The van der Waals surface area contributed by atoms with Crippen LogP contribution < -0.4 is 5.73 Å². The fourth-order valence-electron chi connectivity index (χ4n) is 2.16. The molecule has 4 rings (SSSR count). The van der Waals surface area contributed by atoms with Crippen LogP contribution in [0.4, 0.5) is 5.69 Å². The van der Waals surface area contributed by atoms with Crippen LogP contribution in [0.3, 0.4) is 0 Å². The highest BCUT2D eigenvalue weighted by Gasteiger charge is 2.11. The third-order valence-corrected chi connectivity index (χ3v) is 4.31. The number of nitrogens with two attached hydrogens (primary N) is 1. The molecule has 0 radical (unpaired) electrons. The van der Waals surface area contributed by atoms with Crippen molar-refractivity contribution in [2.45, 2.75) is 27.7 Å². The summed E-state index contributed by atoms with van der Waals surface area (Å²) in [5.74, 6) is 0. The number of hydrogen-bond donors (Lipinski definition) is 1. The predicted molar refractivity (Wildman–Crippen MR) is 106 cm³/mol. The van der Waals surface area contributed by atoms with Gasteiger partial charge in [0.15, 0.2) is 4.96 Å². The molecule has 0 aliphatic heterocycles. The lowest BCUT2D eigenvalue weighted by Crippen LogP contribution is -1.84. The third-order valence-electron chi connectivity index (χ3n) is 3.13. The molecule has 0 amide bonds. The van der Waals surface area contributed by atoms with Crippen molar-refractivity contribution in [1.82, 2.24) is 14.4 Å². The van der Waals surface area contributed by atoms with Crippen LogP contribution in [0.25, 0.3) is 26.6 Å². The normalized spacial score (nSPS) is 10.0. The van der Waals surface area contributed by atoms with Gasteiger partial charge in [-0.15, -0.1) is 0 Å².